The number of aromatic carboxylic acids is 1. The van der Waals surface area contributed by atoms with Crippen molar-refractivity contribution < 1.29 is 42.6 Å². The lowest BCUT2D eigenvalue weighted by molar-refractivity contribution is -0.268. The summed E-state index contributed by atoms with van der Waals surface area (Å²) >= 11 is 0. The number of benzene rings is 3. The molecule has 5 N–H and O–H groups in total. The molecular formula is C26H26N4O9S2. The summed E-state index contributed by atoms with van der Waals surface area (Å²) in [6, 6.07) is 11.7. The molecule has 216 valence electrons. The zero-order valence-electron chi connectivity index (χ0n) is 23.2. The van der Waals surface area contributed by atoms with Crippen molar-refractivity contribution in [3.05, 3.63) is 77.4 Å². The minimum absolute atomic E-state index is 0. The molecule has 0 radical (unpaired) electrons. The predicted molar refractivity (Wildman–Crippen MR) is 149 cm³/mol. The molecule has 0 saturated heterocycles. The zero-order chi connectivity index (χ0) is 29.6. The van der Waals surface area contributed by atoms with Crippen LogP contribution in [0.4, 0.5) is 11.4 Å². The van der Waals surface area contributed by atoms with Gasteiger partial charge in [-0.3, -0.25) is 4.79 Å². The predicted octanol–water partition coefficient (Wildman–Crippen LogP) is 2.56. The Labute approximate surface area is 237 Å². The average molecular weight is 603 g/mol. The Balaban J connectivity index is 0.00000308. The van der Waals surface area contributed by atoms with Gasteiger partial charge < -0.3 is 25.8 Å². The van der Waals surface area contributed by atoms with E-state index < -0.39 is 63.5 Å². The van der Waals surface area contributed by atoms with Gasteiger partial charge in [0, 0.05) is 19.8 Å². The Bertz CT molecular complexity index is 1840. The highest BCUT2D eigenvalue weighted by molar-refractivity contribution is 7.91. The summed E-state index contributed by atoms with van der Waals surface area (Å²) < 4.78 is 62.4. The van der Waals surface area contributed by atoms with E-state index in [1.165, 1.54) is 13.0 Å². The maximum absolute atomic E-state index is 13.6. The van der Waals surface area contributed by atoms with Gasteiger partial charge >= 0.3 is 7.40 Å². The maximum atomic E-state index is 13.6. The second-order valence-electron chi connectivity index (χ2n) is 8.90. The van der Waals surface area contributed by atoms with Crippen LogP contribution in [0.5, 0.6) is 5.75 Å². The number of hydrazone groups is 1. The lowest BCUT2D eigenvalue weighted by Gasteiger charge is -2.19. The Morgan fingerprint density at radius 2 is 1.61 bits per heavy atom. The fourth-order valence-corrected chi connectivity index (χ4v) is 5.83. The van der Waals surface area contributed by atoms with Crippen molar-refractivity contribution in [2.45, 2.75) is 21.6 Å². The minimum atomic E-state index is -5.08. The monoisotopic (exact) mass is 602 g/mol. The van der Waals surface area contributed by atoms with Crippen molar-refractivity contribution in [2.75, 3.05) is 24.0 Å². The van der Waals surface area contributed by atoms with E-state index in [9.17, 15) is 41.2 Å². The summed E-state index contributed by atoms with van der Waals surface area (Å²) in [5.41, 5.74) is 0.458. The molecule has 3 aromatic rings. The number of hydrogen-bond donors (Lipinski definition) is 2. The van der Waals surface area contributed by atoms with Gasteiger partial charge in [0.25, 0.3) is 5.91 Å². The van der Waals surface area contributed by atoms with Gasteiger partial charge in [-0.1, -0.05) is 23.9 Å². The van der Waals surface area contributed by atoms with Crippen LogP contribution in [0.1, 0.15) is 24.3 Å². The number of quaternary nitrogens is 1. The molecule has 0 fully saturated rings. The number of hydrogen-bond acceptors (Lipinski definition) is 10. The molecule has 3 aromatic carbocycles. The quantitative estimate of drug-likeness (QED) is 0.297. The van der Waals surface area contributed by atoms with Crippen molar-refractivity contribution >= 4 is 55.0 Å². The third kappa shape index (κ3) is 5.97. The first-order chi connectivity index (χ1) is 18.6. The molecule has 0 unspecified atom stereocenters. The van der Waals surface area contributed by atoms with Gasteiger partial charge in [-0.25, -0.2) is 21.6 Å². The number of amides is 1. The molecule has 1 aliphatic rings. The van der Waals surface area contributed by atoms with Crippen molar-refractivity contribution in [3.8, 4) is 5.75 Å². The smallest absolute Gasteiger partial charge is 0.872 e. The molecule has 15 heteroatoms. The molecule has 41 heavy (non-hydrogen) atoms. The van der Waals surface area contributed by atoms with E-state index in [1.807, 2.05) is 31.1 Å². The average Bonchev–Trinajstić information content (AvgIpc) is 3.16. The SMILES string of the molecule is CC1=NN(c2cc(S(=O)(=O)[O-])ccc2S(=O)(=O)c2ccc([O-])c(C(=O)O)c2)C(=O)C1=Cc1ccc(N(C)C)cc1.[H+].[NH4+]. The van der Waals surface area contributed by atoms with Gasteiger partial charge in [-0.05, 0) is 61.0 Å². The third-order valence-corrected chi connectivity index (χ3v) is 8.64. The number of carboxylic acids is 1. The van der Waals surface area contributed by atoms with Crippen LogP contribution in [0, 0.1) is 0 Å². The van der Waals surface area contributed by atoms with Gasteiger partial charge in [0.1, 0.15) is 10.1 Å². The third-order valence-electron chi connectivity index (χ3n) is 6.01. The van der Waals surface area contributed by atoms with Crippen LogP contribution < -0.4 is 21.2 Å². The lowest BCUT2D eigenvalue weighted by atomic mass is 10.1. The summed E-state index contributed by atoms with van der Waals surface area (Å²) in [7, 11) is -6.01. The fourth-order valence-electron chi connectivity index (χ4n) is 3.90. The number of carbonyl (C=O) groups is 2. The summed E-state index contributed by atoms with van der Waals surface area (Å²) in [4.78, 5) is 24.7. The highest BCUT2D eigenvalue weighted by Gasteiger charge is 2.34. The molecule has 0 aromatic heterocycles. The molecule has 0 atom stereocenters. The molecule has 1 heterocycles. The van der Waals surface area contributed by atoms with Crippen LogP contribution in [0.2, 0.25) is 0 Å². The van der Waals surface area contributed by atoms with E-state index in [2.05, 4.69) is 5.10 Å². The summed E-state index contributed by atoms with van der Waals surface area (Å²) in [5.74, 6) is -3.38. The van der Waals surface area contributed by atoms with Crippen molar-refractivity contribution in [2.24, 2.45) is 5.10 Å². The van der Waals surface area contributed by atoms with E-state index in [0.717, 1.165) is 30.0 Å². The van der Waals surface area contributed by atoms with Crippen LogP contribution in [0.15, 0.2) is 86.0 Å². The minimum Gasteiger partial charge on any atom is -0.872 e. The second kappa shape index (κ2) is 11.1. The fraction of sp³-hybridized carbons (Fsp3) is 0.115. The van der Waals surface area contributed by atoms with Crippen LogP contribution in [-0.2, 0) is 24.7 Å². The van der Waals surface area contributed by atoms with Crippen LogP contribution in [0.3, 0.4) is 0 Å². The number of carboxylic acid groups (broad SMARTS) is 1. The van der Waals surface area contributed by atoms with E-state index in [0.29, 0.717) is 22.7 Å². The first-order valence-corrected chi connectivity index (χ1v) is 14.3. The number of sulfone groups is 1. The van der Waals surface area contributed by atoms with Crippen molar-refractivity contribution in [1.29, 1.82) is 0 Å². The Morgan fingerprint density at radius 3 is 2.17 bits per heavy atom. The van der Waals surface area contributed by atoms with Gasteiger partial charge in [-0.2, -0.15) is 10.1 Å². The molecule has 0 spiro atoms. The Kier molecular flexibility index (Phi) is 8.41. The van der Waals surface area contributed by atoms with Gasteiger partial charge in [0.2, 0.25) is 9.84 Å². The molecule has 0 saturated carbocycles. The molecule has 0 aliphatic carbocycles. The van der Waals surface area contributed by atoms with E-state index in [1.54, 1.807) is 12.1 Å². The Morgan fingerprint density at radius 1 is 1.00 bits per heavy atom. The van der Waals surface area contributed by atoms with Gasteiger partial charge in [0.05, 0.1) is 37.2 Å². The number of rotatable bonds is 7. The second-order valence-corrected chi connectivity index (χ2v) is 12.2. The Hall–Kier alpha value is -4.57. The number of carbonyl (C=O) groups excluding carboxylic acids is 1. The first kappa shape index (κ1) is 31.0. The molecular weight excluding hydrogens is 576 g/mol. The van der Waals surface area contributed by atoms with Crippen LogP contribution in [0.25, 0.3) is 6.08 Å². The molecule has 1 amide bonds. The topological polar surface area (TPSA) is 224 Å². The first-order valence-electron chi connectivity index (χ1n) is 11.4. The normalized spacial score (nSPS) is 14.5. The van der Waals surface area contributed by atoms with Crippen LogP contribution in [-0.4, -0.2) is 58.2 Å². The summed E-state index contributed by atoms with van der Waals surface area (Å²) in [6.07, 6.45) is 1.52. The maximum Gasteiger partial charge on any atom is 1.00 e. The van der Waals surface area contributed by atoms with E-state index in [4.69, 9.17) is 0 Å². The molecule has 1 aliphatic heterocycles. The van der Waals surface area contributed by atoms with Gasteiger partial charge in [-0.15, -0.1) is 0 Å². The number of anilines is 2. The van der Waals surface area contributed by atoms with Crippen LogP contribution >= 0.6 is 0 Å². The summed E-state index contributed by atoms with van der Waals surface area (Å²) in [6.45, 7) is 1.49. The molecule has 13 nitrogen and oxygen atoms in total. The van der Waals surface area contributed by atoms with E-state index in [-0.39, 0.29) is 18.9 Å². The molecule has 4 rings (SSSR count). The van der Waals surface area contributed by atoms with E-state index >= 15 is 0 Å². The standard InChI is InChI=1S/C26H23N3O9S2.H3N/c1-15-20(12-16-4-6-17(7-5-16)28(2)3)25(31)29(27-15)22-14-19(40(36,37)38)9-11-24(22)39(34,35)18-8-10-23(30)21(13-18)26(32)33;/h4-14,30H,1-3H3,(H,32,33)(H,36,37,38);1H3. The highest BCUT2D eigenvalue weighted by atomic mass is 32.2. The summed E-state index contributed by atoms with van der Waals surface area (Å²) in [5, 5.41) is 25.9. The number of nitrogens with zero attached hydrogens (tertiary/aromatic N) is 3. The van der Waals surface area contributed by atoms with Gasteiger partial charge in [0.15, 0.2) is 0 Å². The largest absolute Gasteiger partial charge is 1.00 e. The zero-order valence-corrected chi connectivity index (χ0v) is 23.9. The highest BCUT2D eigenvalue weighted by Crippen LogP contribution is 2.36. The lowest BCUT2D eigenvalue weighted by Crippen LogP contribution is -2.24. The van der Waals surface area contributed by atoms with Crippen molar-refractivity contribution in [3.63, 3.8) is 0 Å². The molecule has 0 bridgehead atoms. The van der Waals surface area contributed by atoms with Crippen molar-refractivity contribution in [1.82, 2.24) is 6.15 Å².